The van der Waals surface area contributed by atoms with Gasteiger partial charge >= 0.3 is 11.9 Å². The molecule has 0 aliphatic carbocycles. The highest BCUT2D eigenvalue weighted by Crippen LogP contribution is 2.39. The third-order valence-electron chi connectivity index (χ3n) is 4.16. The maximum atomic E-state index is 12.0. The molecule has 0 spiro atoms. The predicted molar refractivity (Wildman–Crippen MR) is 83.8 cm³/mol. The number of rotatable bonds is 10. The number of esters is 2. The molecule has 4 heteroatoms. The maximum absolute atomic E-state index is 12.0. The molecule has 0 aromatic carbocycles. The molecule has 22 heavy (non-hydrogen) atoms. The molecular weight excluding hydrogens is 280 g/mol. The zero-order valence-electron chi connectivity index (χ0n) is 13.7. The van der Waals surface area contributed by atoms with Gasteiger partial charge in [-0.2, -0.15) is 0 Å². The molecule has 4 nitrogen and oxygen atoms in total. The Morgan fingerprint density at radius 3 is 1.41 bits per heavy atom. The molecule has 0 fully saturated rings. The first-order chi connectivity index (χ1) is 10.7. The topological polar surface area (TPSA) is 52.6 Å². The van der Waals surface area contributed by atoms with E-state index in [0.29, 0.717) is 35.5 Å². The number of cyclic esters (lactones) is 2. The summed E-state index contributed by atoms with van der Waals surface area (Å²) >= 11 is 0. The van der Waals surface area contributed by atoms with Crippen LogP contribution in [0.2, 0.25) is 0 Å². The normalized spacial score (nSPS) is 17.2. The average molecular weight is 306 g/mol. The number of carbonyl (C=O) groups is 2. The molecule has 2 heterocycles. The van der Waals surface area contributed by atoms with Gasteiger partial charge in [0.05, 0.1) is 0 Å². The van der Waals surface area contributed by atoms with E-state index in [2.05, 4.69) is 13.8 Å². The average Bonchev–Trinajstić information content (AvgIpc) is 3.00. The van der Waals surface area contributed by atoms with Crippen LogP contribution in [0.5, 0.6) is 0 Å². The second-order valence-electron chi connectivity index (χ2n) is 6.00. The molecular formula is C18H26O4. The van der Waals surface area contributed by atoms with Gasteiger partial charge in [-0.1, -0.05) is 52.4 Å². The van der Waals surface area contributed by atoms with Crippen LogP contribution in [0.15, 0.2) is 22.7 Å². The lowest BCUT2D eigenvalue weighted by molar-refractivity contribution is -0.134. The van der Waals surface area contributed by atoms with E-state index >= 15 is 0 Å². The second-order valence-corrected chi connectivity index (χ2v) is 6.00. The molecule has 2 aliphatic heterocycles. The van der Waals surface area contributed by atoms with Gasteiger partial charge in [0.1, 0.15) is 22.7 Å². The van der Waals surface area contributed by atoms with Gasteiger partial charge in [-0.05, 0) is 12.8 Å². The minimum Gasteiger partial charge on any atom is -0.426 e. The molecule has 0 saturated carbocycles. The fourth-order valence-corrected chi connectivity index (χ4v) is 2.92. The molecule has 2 aliphatic rings. The summed E-state index contributed by atoms with van der Waals surface area (Å²) in [6.07, 6.45) is 9.95. The number of unbranched alkanes of at least 4 members (excludes halogenated alkanes) is 6. The van der Waals surface area contributed by atoms with Crippen molar-refractivity contribution in [1.29, 1.82) is 0 Å². The number of hydrogen-bond acceptors (Lipinski definition) is 4. The molecule has 0 atom stereocenters. The first-order valence-corrected chi connectivity index (χ1v) is 8.60. The van der Waals surface area contributed by atoms with Gasteiger partial charge in [0.15, 0.2) is 0 Å². The Morgan fingerprint density at radius 2 is 1.05 bits per heavy atom. The van der Waals surface area contributed by atoms with Gasteiger partial charge in [0, 0.05) is 12.8 Å². The first kappa shape index (κ1) is 16.8. The smallest absolute Gasteiger partial charge is 0.347 e. The Kier molecular flexibility index (Phi) is 6.22. The van der Waals surface area contributed by atoms with Crippen molar-refractivity contribution in [3.05, 3.63) is 22.7 Å². The van der Waals surface area contributed by atoms with Crippen LogP contribution in [0.25, 0.3) is 0 Å². The maximum Gasteiger partial charge on any atom is 0.347 e. The number of carbonyl (C=O) groups excluding carboxylic acids is 2. The van der Waals surface area contributed by atoms with Crippen LogP contribution < -0.4 is 0 Å². The van der Waals surface area contributed by atoms with E-state index in [-0.39, 0.29) is 0 Å². The van der Waals surface area contributed by atoms with Crippen molar-refractivity contribution < 1.29 is 19.1 Å². The zero-order chi connectivity index (χ0) is 15.9. The number of ether oxygens (including phenoxy) is 2. The summed E-state index contributed by atoms with van der Waals surface area (Å²) in [4.78, 5) is 24.1. The van der Waals surface area contributed by atoms with Gasteiger partial charge in [-0.25, -0.2) is 9.59 Å². The number of hydrogen-bond donors (Lipinski definition) is 0. The van der Waals surface area contributed by atoms with Gasteiger partial charge in [-0.3, -0.25) is 0 Å². The first-order valence-electron chi connectivity index (χ1n) is 8.60. The molecule has 2 rings (SSSR count). The van der Waals surface area contributed by atoms with Crippen molar-refractivity contribution in [3.8, 4) is 0 Å². The van der Waals surface area contributed by atoms with E-state index in [1.165, 1.54) is 0 Å². The van der Waals surface area contributed by atoms with Crippen LogP contribution in [-0.2, 0) is 19.1 Å². The highest BCUT2D eigenvalue weighted by Gasteiger charge is 2.43. The monoisotopic (exact) mass is 306 g/mol. The van der Waals surface area contributed by atoms with E-state index in [4.69, 9.17) is 9.47 Å². The minimum absolute atomic E-state index is 0.395. The van der Waals surface area contributed by atoms with E-state index in [9.17, 15) is 9.59 Å². The third kappa shape index (κ3) is 3.79. The Balaban J connectivity index is 2.02. The summed E-state index contributed by atoms with van der Waals surface area (Å²) < 4.78 is 10.6. The highest BCUT2D eigenvalue weighted by atomic mass is 16.6. The van der Waals surface area contributed by atoms with Crippen LogP contribution in [0, 0.1) is 0 Å². The number of allylic oxidation sites excluding steroid dienone is 2. The van der Waals surface area contributed by atoms with Crippen LogP contribution in [-0.4, -0.2) is 11.9 Å². The minimum atomic E-state index is -0.406. The van der Waals surface area contributed by atoms with Crippen LogP contribution >= 0.6 is 0 Å². The molecule has 0 radical (unpaired) electrons. The van der Waals surface area contributed by atoms with Crippen molar-refractivity contribution >= 4 is 11.9 Å². The molecule has 0 saturated heterocycles. The lowest BCUT2D eigenvalue weighted by Gasteiger charge is -2.05. The summed E-state index contributed by atoms with van der Waals surface area (Å²) in [5, 5.41) is 0. The van der Waals surface area contributed by atoms with Gasteiger partial charge in [0.25, 0.3) is 0 Å². The SMILES string of the molecule is CCCCCCC1=C2C(=O)OC(CCCCCC)=C2C(=O)O1. The Morgan fingerprint density at radius 1 is 0.636 bits per heavy atom. The van der Waals surface area contributed by atoms with E-state index in [0.717, 1.165) is 51.4 Å². The van der Waals surface area contributed by atoms with Crippen LogP contribution in [0.1, 0.15) is 78.1 Å². The van der Waals surface area contributed by atoms with Gasteiger partial charge in [0.2, 0.25) is 0 Å². The Hall–Kier alpha value is -1.58. The molecule has 0 aromatic heterocycles. The lowest BCUT2D eigenvalue weighted by atomic mass is 10.0. The van der Waals surface area contributed by atoms with Crippen LogP contribution in [0.4, 0.5) is 0 Å². The third-order valence-corrected chi connectivity index (χ3v) is 4.16. The molecule has 0 amide bonds. The van der Waals surface area contributed by atoms with Crippen molar-refractivity contribution in [3.63, 3.8) is 0 Å². The van der Waals surface area contributed by atoms with E-state index < -0.39 is 11.9 Å². The highest BCUT2D eigenvalue weighted by molar-refractivity contribution is 6.13. The molecule has 0 N–H and O–H groups in total. The summed E-state index contributed by atoms with van der Waals surface area (Å²) in [6.45, 7) is 4.30. The van der Waals surface area contributed by atoms with Crippen molar-refractivity contribution in [2.24, 2.45) is 0 Å². The lowest BCUT2D eigenvalue weighted by Crippen LogP contribution is -2.02. The molecule has 0 aromatic rings. The fourth-order valence-electron chi connectivity index (χ4n) is 2.92. The van der Waals surface area contributed by atoms with Crippen molar-refractivity contribution in [1.82, 2.24) is 0 Å². The summed E-state index contributed by atoms with van der Waals surface area (Å²) in [5.74, 6) is 0.225. The predicted octanol–water partition coefficient (Wildman–Crippen LogP) is 4.55. The zero-order valence-corrected chi connectivity index (χ0v) is 13.7. The summed E-state index contributed by atoms with van der Waals surface area (Å²) in [6, 6.07) is 0. The van der Waals surface area contributed by atoms with Gasteiger partial charge in [-0.15, -0.1) is 0 Å². The quantitative estimate of drug-likeness (QED) is 0.439. The summed E-state index contributed by atoms with van der Waals surface area (Å²) in [5.41, 5.74) is 0.791. The van der Waals surface area contributed by atoms with E-state index in [1.807, 2.05) is 0 Å². The largest absolute Gasteiger partial charge is 0.426 e. The Bertz CT molecular complexity index is 453. The second kappa shape index (κ2) is 8.16. The molecule has 0 bridgehead atoms. The van der Waals surface area contributed by atoms with E-state index in [1.54, 1.807) is 0 Å². The Labute approximate surface area is 132 Å². The molecule has 0 unspecified atom stereocenters. The standard InChI is InChI=1S/C18H26O4/c1-3-5-7-9-11-13-15-16(18(20)21-13)14(22-17(15)19)12-10-8-6-4-2/h3-12H2,1-2H3. The van der Waals surface area contributed by atoms with Crippen molar-refractivity contribution in [2.75, 3.05) is 0 Å². The summed E-state index contributed by atoms with van der Waals surface area (Å²) in [7, 11) is 0. The van der Waals surface area contributed by atoms with Crippen LogP contribution in [0.3, 0.4) is 0 Å². The molecule has 122 valence electrons. The number of fused-ring (bicyclic) bond motifs is 1. The fraction of sp³-hybridized carbons (Fsp3) is 0.667. The van der Waals surface area contributed by atoms with Gasteiger partial charge < -0.3 is 9.47 Å². The van der Waals surface area contributed by atoms with Crippen molar-refractivity contribution in [2.45, 2.75) is 78.1 Å².